The Morgan fingerprint density at radius 1 is 1.00 bits per heavy atom. The molecule has 4 aromatic rings. The zero-order chi connectivity index (χ0) is 24.7. The van der Waals surface area contributed by atoms with Crippen LogP contribution in [0.3, 0.4) is 0 Å². The summed E-state index contributed by atoms with van der Waals surface area (Å²) in [5.41, 5.74) is 2.62. The molecule has 10 nitrogen and oxygen atoms in total. The predicted octanol–water partition coefficient (Wildman–Crippen LogP) is 2.22. The van der Waals surface area contributed by atoms with E-state index in [1.54, 1.807) is 11.3 Å². The number of sulfonamides is 1. The van der Waals surface area contributed by atoms with Crippen LogP contribution in [0, 0.1) is 0 Å². The zero-order valence-electron chi connectivity index (χ0n) is 20.0. The molecule has 0 atom stereocenters. The van der Waals surface area contributed by atoms with E-state index >= 15 is 0 Å². The van der Waals surface area contributed by atoms with Crippen LogP contribution in [0.2, 0.25) is 0 Å². The number of hydrogen-bond acceptors (Lipinski definition) is 10. The van der Waals surface area contributed by atoms with Crippen LogP contribution in [0.15, 0.2) is 36.5 Å². The van der Waals surface area contributed by atoms with Gasteiger partial charge in [-0.05, 0) is 12.1 Å². The number of hydrogen-bond donors (Lipinski definition) is 0. The van der Waals surface area contributed by atoms with Crippen molar-refractivity contribution in [2.24, 2.45) is 0 Å². The topological polar surface area (TPSA) is 105 Å². The van der Waals surface area contributed by atoms with Crippen molar-refractivity contribution in [3.8, 4) is 11.4 Å². The van der Waals surface area contributed by atoms with Gasteiger partial charge in [0.15, 0.2) is 11.6 Å². The molecule has 0 unspecified atom stereocenters. The van der Waals surface area contributed by atoms with Gasteiger partial charge in [0, 0.05) is 56.4 Å². The van der Waals surface area contributed by atoms with Crippen molar-refractivity contribution in [3.63, 3.8) is 0 Å². The van der Waals surface area contributed by atoms with Crippen molar-refractivity contribution in [2.75, 3.05) is 63.6 Å². The van der Waals surface area contributed by atoms with Gasteiger partial charge in [-0.3, -0.25) is 9.88 Å². The molecule has 2 aliphatic rings. The summed E-state index contributed by atoms with van der Waals surface area (Å²) in [5.74, 6) is 1.47. The second-order valence-corrected chi connectivity index (χ2v) is 12.1. The lowest BCUT2D eigenvalue weighted by Crippen LogP contribution is -2.47. The van der Waals surface area contributed by atoms with Gasteiger partial charge in [0.1, 0.15) is 15.4 Å². The molecule has 6 rings (SSSR count). The van der Waals surface area contributed by atoms with Gasteiger partial charge in [0.2, 0.25) is 10.0 Å². The summed E-state index contributed by atoms with van der Waals surface area (Å²) in [6.07, 6.45) is 3.10. The number of anilines is 1. The molecule has 12 heteroatoms. The number of fused-ring (bicyclic) bond motifs is 2. The van der Waals surface area contributed by atoms with E-state index in [2.05, 4.69) is 20.9 Å². The summed E-state index contributed by atoms with van der Waals surface area (Å²) in [4.78, 5) is 24.8. The van der Waals surface area contributed by atoms with Crippen molar-refractivity contribution in [2.45, 2.75) is 6.54 Å². The highest BCUT2D eigenvalue weighted by molar-refractivity contribution is 7.88. The first-order chi connectivity index (χ1) is 17.4. The molecule has 0 aliphatic carbocycles. The van der Waals surface area contributed by atoms with Crippen LogP contribution in [0.25, 0.3) is 32.6 Å². The van der Waals surface area contributed by atoms with E-state index in [0.29, 0.717) is 51.8 Å². The number of morpholine rings is 1. The Morgan fingerprint density at radius 2 is 1.78 bits per heavy atom. The van der Waals surface area contributed by atoms with Gasteiger partial charge in [-0.2, -0.15) is 4.31 Å². The molecular formula is C24H27N7O3S2. The minimum Gasteiger partial charge on any atom is -0.378 e. The van der Waals surface area contributed by atoms with Gasteiger partial charge in [-0.1, -0.05) is 29.5 Å². The number of para-hydroxylation sites is 1. The van der Waals surface area contributed by atoms with Crippen molar-refractivity contribution >= 4 is 48.4 Å². The molecule has 5 heterocycles. The van der Waals surface area contributed by atoms with Crippen molar-refractivity contribution < 1.29 is 13.2 Å². The summed E-state index contributed by atoms with van der Waals surface area (Å²) in [5, 5.41) is 2.00. The average Bonchev–Trinajstić information content (AvgIpc) is 3.30. The Hall–Kier alpha value is -2.77. The summed E-state index contributed by atoms with van der Waals surface area (Å²) >= 11 is 1.57. The molecule has 0 N–H and O–H groups in total. The first kappa shape index (κ1) is 23.6. The summed E-state index contributed by atoms with van der Waals surface area (Å²) in [6.45, 7) is 5.83. The van der Waals surface area contributed by atoms with E-state index in [1.165, 1.54) is 10.6 Å². The maximum atomic E-state index is 11.8. The molecule has 0 radical (unpaired) electrons. The molecule has 0 bridgehead atoms. The monoisotopic (exact) mass is 525 g/mol. The molecule has 3 aromatic heterocycles. The van der Waals surface area contributed by atoms with Gasteiger partial charge in [0.05, 0.1) is 31.5 Å². The Balaban J connectivity index is 1.34. The van der Waals surface area contributed by atoms with Gasteiger partial charge >= 0.3 is 0 Å². The molecule has 0 saturated carbocycles. The average molecular weight is 526 g/mol. The second-order valence-electron chi connectivity index (χ2n) is 9.09. The molecule has 2 saturated heterocycles. The van der Waals surface area contributed by atoms with Gasteiger partial charge < -0.3 is 9.64 Å². The number of rotatable bonds is 5. The van der Waals surface area contributed by atoms with Crippen LogP contribution in [0.1, 0.15) is 5.01 Å². The predicted molar refractivity (Wildman–Crippen MR) is 141 cm³/mol. The van der Waals surface area contributed by atoms with E-state index in [9.17, 15) is 8.42 Å². The Morgan fingerprint density at radius 3 is 2.56 bits per heavy atom. The molecule has 0 spiro atoms. The number of nitrogens with zero attached hydrogens (tertiary/aromatic N) is 7. The van der Waals surface area contributed by atoms with Crippen LogP contribution >= 0.6 is 11.3 Å². The quantitative estimate of drug-likeness (QED) is 0.388. The van der Waals surface area contributed by atoms with Crippen LogP contribution in [0.5, 0.6) is 0 Å². The van der Waals surface area contributed by atoms with E-state index < -0.39 is 10.0 Å². The van der Waals surface area contributed by atoms with E-state index in [-0.39, 0.29) is 0 Å². The molecule has 36 heavy (non-hydrogen) atoms. The zero-order valence-corrected chi connectivity index (χ0v) is 21.6. The number of ether oxygens (including phenoxy) is 1. The summed E-state index contributed by atoms with van der Waals surface area (Å²) in [7, 11) is -3.15. The number of aromatic nitrogens is 4. The van der Waals surface area contributed by atoms with Gasteiger partial charge in [0.25, 0.3) is 0 Å². The SMILES string of the molecule is CS(=O)(=O)N1CCN(Cc2nc3c(N4CCOCC4)nc(-c4cnc5ccccc5c4)nc3s2)CC1. The van der Waals surface area contributed by atoms with Crippen molar-refractivity contribution in [1.29, 1.82) is 0 Å². The summed E-state index contributed by atoms with van der Waals surface area (Å²) < 4.78 is 30.8. The van der Waals surface area contributed by atoms with E-state index in [4.69, 9.17) is 19.7 Å². The lowest BCUT2D eigenvalue weighted by Gasteiger charge is -2.32. The fourth-order valence-electron chi connectivity index (χ4n) is 4.65. The van der Waals surface area contributed by atoms with Crippen LogP contribution < -0.4 is 4.90 Å². The second kappa shape index (κ2) is 9.60. The first-order valence-electron chi connectivity index (χ1n) is 12.0. The molecule has 2 fully saturated rings. The maximum Gasteiger partial charge on any atom is 0.211 e. The highest BCUT2D eigenvalue weighted by Crippen LogP contribution is 2.32. The molecular weight excluding hydrogens is 498 g/mol. The first-order valence-corrected chi connectivity index (χ1v) is 14.6. The summed E-state index contributed by atoms with van der Waals surface area (Å²) in [6, 6.07) is 10.1. The Bertz CT molecular complexity index is 1510. The minimum atomic E-state index is -3.15. The lowest BCUT2D eigenvalue weighted by molar-refractivity contribution is 0.122. The molecule has 0 amide bonds. The molecule has 2 aliphatic heterocycles. The highest BCUT2D eigenvalue weighted by atomic mass is 32.2. The van der Waals surface area contributed by atoms with E-state index in [1.807, 2.05) is 30.5 Å². The number of thiazole rings is 1. The fourth-order valence-corrected chi connectivity index (χ4v) is 6.45. The number of benzene rings is 1. The smallest absolute Gasteiger partial charge is 0.211 e. The standard InChI is InChI=1S/C24H27N7O3S2/c1-36(32,33)31-8-6-29(7-9-31)16-20-26-21-23(30-10-12-34-13-11-30)27-22(28-24(21)35-20)18-14-17-4-2-3-5-19(17)25-15-18/h2-5,14-15H,6-13,16H2,1H3. The third-order valence-electron chi connectivity index (χ3n) is 6.60. The fraction of sp³-hybridized carbons (Fsp3) is 0.417. The molecule has 188 valence electrons. The van der Waals surface area contributed by atoms with Gasteiger partial charge in [-0.25, -0.2) is 23.4 Å². The van der Waals surface area contributed by atoms with Crippen molar-refractivity contribution in [3.05, 3.63) is 41.5 Å². The number of piperazine rings is 1. The van der Waals surface area contributed by atoms with E-state index in [0.717, 1.165) is 50.7 Å². The third-order valence-corrected chi connectivity index (χ3v) is 8.84. The number of pyridine rings is 1. The largest absolute Gasteiger partial charge is 0.378 e. The van der Waals surface area contributed by atoms with Crippen LogP contribution in [-0.2, 0) is 21.3 Å². The van der Waals surface area contributed by atoms with Crippen molar-refractivity contribution in [1.82, 2.24) is 29.1 Å². The minimum absolute atomic E-state index is 0.502. The Kier molecular flexibility index (Phi) is 6.30. The van der Waals surface area contributed by atoms with Crippen LogP contribution in [-0.4, -0.2) is 96.3 Å². The molecule has 1 aromatic carbocycles. The lowest BCUT2D eigenvalue weighted by atomic mass is 10.1. The third kappa shape index (κ3) is 4.78. The maximum absolute atomic E-state index is 11.8. The van der Waals surface area contributed by atoms with Crippen LogP contribution in [0.4, 0.5) is 5.82 Å². The van der Waals surface area contributed by atoms with Gasteiger partial charge in [-0.15, -0.1) is 0 Å². The Labute approximate surface area is 213 Å². The normalized spacial score (nSPS) is 18.3. The highest BCUT2D eigenvalue weighted by Gasteiger charge is 2.25.